The van der Waals surface area contributed by atoms with Gasteiger partial charge < -0.3 is 10.2 Å². The molecule has 0 unspecified atom stereocenters. The first kappa shape index (κ1) is 16.3. The van der Waals surface area contributed by atoms with Crippen LogP contribution in [-0.2, 0) is 6.54 Å². The molecule has 1 aromatic rings. The summed E-state index contributed by atoms with van der Waals surface area (Å²) in [5.74, 6) is 1.13. The molecule has 0 bridgehead atoms. The zero-order valence-electron chi connectivity index (χ0n) is 14.2. The summed E-state index contributed by atoms with van der Waals surface area (Å²) >= 11 is 0. The molecular formula is C18H31N3. The quantitative estimate of drug-likeness (QED) is 0.695. The third kappa shape index (κ3) is 4.99. The van der Waals surface area contributed by atoms with E-state index < -0.39 is 0 Å². The molecule has 1 fully saturated rings. The first-order chi connectivity index (χ1) is 10.1. The predicted octanol–water partition coefficient (Wildman–Crippen LogP) is 4.05. The smallest absolute Gasteiger partial charge is 0.129 e. The van der Waals surface area contributed by atoms with E-state index in [1.165, 1.54) is 43.4 Å². The van der Waals surface area contributed by atoms with E-state index in [4.69, 9.17) is 4.98 Å². The van der Waals surface area contributed by atoms with Crippen LogP contribution in [0.2, 0.25) is 0 Å². The number of nitrogens with one attached hydrogen (secondary N) is 1. The number of nitrogens with zero attached hydrogens (tertiary/aromatic N) is 2. The Labute approximate surface area is 130 Å². The van der Waals surface area contributed by atoms with E-state index in [1.54, 1.807) is 0 Å². The van der Waals surface area contributed by atoms with E-state index in [-0.39, 0.29) is 0 Å². The third-order valence-corrected chi connectivity index (χ3v) is 4.26. The number of pyridine rings is 1. The summed E-state index contributed by atoms with van der Waals surface area (Å²) < 4.78 is 0. The lowest BCUT2D eigenvalue weighted by Crippen LogP contribution is -2.32. The van der Waals surface area contributed by atoms with E-state index >= 15 is 0 Å². The van der Waals surface area contributed by atoms with Gasteiger partial charge in [-0.15, -0.1) is 0 Å². The van der Waals surface area contributed by atoms with E-state index in [1.807, 2.05) is 0 Å². The molecule has 1 N–H and O–H groups in total. The van der Waals surface area contributed by atoms with Crippen LogP contribution in [0.5, 0.6) is 0 Å². The molecule has 21 heavy (non-hydrogen) atoms. The van der Waals surface area contributed by atoms with Crippen LogP contribution in [0.25, 0.3) is 0 Å². The van der Waals surface area contributed by atoms with Gasteiger partial charge in [-0.05, 0) is 51.7 Å². The van der Waals surface area contributed by atoms with E-state index in [2.05, 4.69) is 50.0 Å². The molecule has 1 aliphatic rings. The van der Waals surface area contributed by atoms with Crippen molar-refractivity contribution in [2.24, 2.45) is 0 Å². The Bertz CT molecular complexity index is 438. The standard InChI is InChI=1S/C18H31N3/c1-5-6-7-12-21(14(2)3)18-11-8-16(15(4)20-18)13-19-17-9-10-17/h8,11,14,17,19H,5-7,9-10,12-13H2,1-4H3. The number of rotatable bonds is 9. The second kappa shape index (κ2) is 7.79. The van der Waals surface area contributed by atoms with Crippen molar-refractivity contribution in [1.29, 1.82) is 0 Å². The molecule has 0 radical (unpaired) electrons. The topological polar surface area (TPSA) is 28.2 Å². The summed E-state index contributed by atoms with van der Waals surface area (Å²) in [5.41, 5.74) is 2.50. The van der Waals surface area contributed by atoms with Gasteiger partial charge in [-0.25, -0.2) is 4.98 Å². The summed E-state index contributed by atoms with van der Waals surface area (Å²) in [6.07, 6.45) is 6.49. The fourth-order valence-electron chi connectivity index (χ4n) is 2.63. The van der Waals surface area contributed by atoms with Crippen molar-refractivity contribution in [1.82, 2.24) is 10.3 Å². The van der Waals surface area contributed by atoms with E-state index in [0.717, 1.165) is 24.9 Å². The number of aryl methyl sites for hydroxylation is 1. The van der Waals surface area contributed by atoms with Crippen LogP contribution >= 0.6 is 0 Å². The number of aromatic nitrogens is 1. The normalized spacial score (nSPS) is 14.7. The van der Waals surface area contributed by atoms with Crippen molar-refractivity contribution in [3.05, 3.63) is 23.4 Å². The minimum Gasteiger partial charge on any atom is -0.354 e. The van der Waals surface area contributed by atoms with Crippen LogP contribution in [0.15, 0.2) is 12.1 Å². The van der Waals surface area contributed by atoms with Crippen LogP contribution in [0.1, 0.15) is 64.1 Å². The summed E-state index contributed by atoms with van der Waals surface area (Å²) in [6.45, 7) is 11.0. The molecule has 1 saturated carbocycles. The molecule has 1 aromatic heterocycles. The highest BCUT2D eigenvalue weighted by Gasteiger charge is 2.20. The summed E-state index contributed by atoms with van der Waals surface area (Å²) in [7, 11) is 0. The van der Waals surface area contributed by atoms with Crippen LogP contribution in [0.4, 0.5) is 5.82 Å². The first-order valence-electron chi connectivity index (χ1n) is 8.58. The van der Waals surface area contributed by atoms with Gasteiger partial charge >= 0.3 is 0 Å². The minimum atomic E-state index is 0.504. The van der Waals surface area contributed by atoms with Crippen LogP contribution in [0, 0.1) is 6.92 Å². The predicted molar refractivity (Wildman–Crippen MR) is 90.8 cm³/mol. The highest BCUT2D eigenvalue weighted by Crippen LogP contribution is 2.21. The van der Waals surface area contributed by atoms with Gasteiger partial charge in [-0.3, -0.25) is 0 Å². The van der Waals surface area contributed by atoms with Crippen molar-refractivity contribution < 1.29 is 0 Å². The summed E-state index contributed by atoms with van der Waals surface area (Å²) in [4.78, 5) is 7.29. The van der Waals surface area contributed by atoms with Gasteiger partial charge in [0.15, 0.2) is 0 Å². The molecule has 0 spiro atoms. The lowest BCUT2D eigenvalue weighted by atomic mass is 10.1. The number of unbranched alkanes of at least 4 members (excludes halogenated alkanes) is 2. The zero-order valence-corrected chi connectivity index (χ0v) is 14.2. The van der Waals surface area contributed by atoms with Crippen LogP contribution < -0.4 is 10.2 Å². The zero-order chi connectivity index (χ0) is 15.2. The van der Waals surface area contributed by atoms with Crippen molar-refractivity contribution in [3.63, 3.8) is 0 Å². The van der Waals surface area contributed by atoms with E-state index in [0.29, 0.717) is 6.04 Å². The highest BCUT2D eigenvalue weighted by molar-refractivity contribution is 5.42. The van der Waals surface area contributed by atoms with E-state index in [9.17, 15) is 0 Å². The Morgan fingerprint density at radius 3 is 2.62 bits per heavy atom. The van der Waals surface area contributed by atoms with Gasteiger partial charge in [0.05, 0.1) is 0 Å². The molecular weight excluding hydrogens is 258 g/mol. The number of hydrogen-bond acceptors (Lipinski definition) is 3. The molecule has 0 atom stereocenters. The third-order valence-electron chi connectivity index (χ3n) is 4.26. The molecule has 2 rings (SSSR count). The Morgan fingerprint density at radius 1 is 1.29 bits per heavy atom. The Morgan fingerprint density at radius 2 is 2.05 bits per heavy atom. The van der Waals surface area contributed by atoms with Gasteiger partial charge in [0.25, 0.3) is 0 Å². The molecule has 1 aliphatic carbocycles. The Balaban J connectivity index is 2.00. The van der Waals surface area contributed by atoms with Crippen molar-refractivity contribution in [2.75, 3.05) is 11.4 Å². The molecule has 0 aliphatic heterocycles. The average molecular weight is 289 g/mol. The maximum atomic E-state index is 4.86. The maximum absolute atomic E-state index is 4.86. The van der Waals surface area contributed by atoms with Crippen LogP contribution in [0.3, 0.4) is 0 Å². The highest BCUT2D eigenvalue weighted by atomic mass is 15.2. The second-order valence-corrected chi connectivity index (χ2v) is 6.56. The maximum Gasteiger partial charge on any atom is 0.129 e. The van der Waals surface area contributed by atoms with Gasteiger partial charge in [-0.1, -0.05) is 25.8 Å². The van der Waals surface area contributed by atoms with Gasteiger partial charge in [0.1, 0.15) is 5.82 Å². The fraction of sp³-hybridized carbons (Fsp3) is 0.722. The lowest BCUT2D eigenvalue weighted by Gasteiger charge is -2.28. The molecule has 1 heterocycles. The monoisotopic (exact) mass is 289 g/mol. The average Bonchev–Trinajstić information content (AvgIpc) is 3.26. The van der Waals surface area contributed by atoms with Gasteiger partial charge in [0.2, 0.25) is 0 Å². The Kier molecular flexibility index (Phi) is 6.04. The largest absolute Gasteiger partial charge is 0.354 e. The molecule has 0 aromatic carbocycles. The first-order valence-corrected chi connectivity index (χ1v) is 8.58. The fourth-order valence-corrected chi connectivity index (χ4v) is 2.63. The molecule has 0 amide bonds. The molecule has 3 nitrogen and oxygen atoms in total. The van der Waals surface area contributed by atoms with Crippen molar-refractivity contribution in [2.45, 2.75) is 78.4 Å². The minimum absolute atomic E-state index is 0.504. The Hall–Kier alpha value is -1.09. The number of anilines is 1. The summed E-state index contributed by atoms with van der Waals surface area (Å²) in [6, 6.07) is 5.71. The molecule has 0 saturated heterocycles. The summed E-state index contributed by atoms with van der Waals surface area (Å²) in [5, 5.41) is 3.57. The van der Waals surface area contributed by atoms with Crippen molar-refractivity contribution in [3.8, 4) is 0 Å². The molecule has 118 valence electrons. The lowest BCUT2D eigenvalue weighted by molar-refractivity contribution is 0.618. The number of hydrogen-bond donors (Lipinski definition) is 1. The van der Waals surface area contributed by atoms with Crippen LogP contribution in [-0.4, -0.2) is 23.6 Å². The molecule has 3 heteroatoms. The van der Waals surface area contributed by atoms with Crippen molar-refractivity contribution >= 4 is 5.82 Å². The van der Waals surface area contributed by atoms with Gasteiger partial charge in [-0.2, -0.15) is 0 Å². The van der Waals surface area contributed by atoms with Gasteiger partial charge in [0, 0.05) is 30.9 Å². The second-order valence-electron chi connectivity index (χ2n) is 6.56. The SMILES string of the molecule is CCCCCN(c1ccc(CNC2CC2)c(C)n1)C(C)C.